The molecule has 0 saturated carbocycles. The minimum Gasteiger partial charge on any atom is -0.312 e. The van der Waals surface area contributed by atoms with Gasteiger partial charge in [-0.3, -0.25) is 0 Å². The highest BCUT2D eigenvalue weighted by molar-refractivity contribution is 4.78. The first-order valence-electron chi connectivity index (χ1n) is 4.60. The van der Waals surface area contributed by atoms with E-state index < -0.39 is 0 Å². The topological polar surface area (TPSA) is 15.3 Å². The Morgan fingerprint density at radius 3 is 2.82 bits per heavy atom. The molecule has 1 atom stereocenters. The second kappa shape index (κ2) is 4.07. The van der Waals surface area contributed by atoms with Crippen LogP contribution in [0.2, 0.25) is 0 Å². The van der Waals surface area contributed by atoms with Gasteiger partial charge >= 0.3 is 0 Å². The molecule has 2 heteroatoms. The van der Waals surface area contributed by atoms with Crippen molar-refractivity contribution in [1.29, 1.82) is 0 Å². The quantitative estimate of drug-likeness (QED) is 0.663. The van der Waals surface area contributed by atoms with Crippen LogP contribution in [0.4, 0.5) is 0 Å². The van der Waals surface area contributed by atoms with Crippen LogP contribution in [0, 0.1) is 5.92 Å². The van der Waals surface area contributed by atoms with Gasteiger partial charge in [-0.2, -0.15) is 0 Å². The van der Waals surface area contributed by atoms with Crippen LogP contribution in [0.3, 0.4) is 0 Å². The Morgan fingerprint density at radius 1 is 1.64 bits per heavy atom. The zero-order valence-corrected chi connectivity index (χ0v) is 7.93. The highest BCUT2D eigenvalue weighted by atomic mass is 15.2. The van der Waals surface area contributed by atoms with Gasteiger partial charge in [0.05, 0.1) is 0 Å². The molecule has 1 unspecified atom stereocenters. The van der Waals surface area contributed by atoms with Crippen LogP contribution < -0.4 is 5.32 Å². The number of rotatable bonds is 3. The molecule has 0 aromatic rings. The first-order valence-corrected chi connectivity index (χ1v) is 4.60. The Labute approximate surface area is 71.4 Å². The zero-order valence-electron chi connectivity index (χ0n) is 7.93. The summed E-state index contributed by atoms with van der Waals surface area (Å²) in [5.74, 6) is 0.779. The molecule has 1 N–H and O–H groups in total. The Balaban J connectivity index is 0.00000121. The van der Waals surface area contributed by atoms with E-state index in [0.717, 1.165) is 12.0 Å². The van der Waals surface area contributed by atoms with Gasteiger partial charge in [0, 0.05) is 14.0 Å². The molecule has 68 valence electrons. The number of nitrogens with one attached hydrogen (secondary N) is 1. The maximum absolute atomic E-state index is 3.57. The van der Waals surface area contributed by atoms with Crippen molar-refractivity contribution >= 4 is 0 Å². The zero-order chi connectivity index (χ0) is 8.27. The molecule has 1 fully saturated rings. The number of likely N-dealkylation sites (tertiary alicyclic amines) is 1. The molecule has 1 heterocycles. The molecule has 0 aromatic heterocycles. The van der Waals surface area contributed by atoms with E-state index in [2.05, 4.69) is 31.1 Å². The molecule has 0 amide bonds. The fraction of sp³-hybridized carbons (Fsp3) is 1.00. The molecule has 0 bridgehead atoms. The molecule has 0 spiro atoms. The third-order valence-electron chi connectivity index (χ3n) is 2.21. The lowest BCUT2D eigenvalue weighted by molar-refractivity contribution is 0.391. The van der Waals surface area contributed by atoms with E-state index in [1.807, 2.05) is 0 Å². The van der Waals surface area contributed by atoms with Crippen LogP contribution in [0.1, 0.15) is 21.7 Å². The van der Waals surface area contributed by atoms with Crippen molar-refractivity contribution in [2.24, 2.45) is 5.92 Å². The van der Waals surface area contributed by atoms with Crippen LogP contribution in [0.25, 0.3) is 0 Å². The number of nitrogens with zero attached hydrogens (tertiary/aromatic N) is 1. The maximum atomic E-state index is 3.57. The second-order valence-electron chi connectivity index (χ2n) is 4.05. The second-order valence-corrected chi connectivity index (χ2v) is 4.05. The Bertz CT molecular complexity index is 117. The monoisotopic (exact) mass is 158 g/mol. The summed E-state index contributed by atoms with van der Waals surface area (Å²) in [7, 11) is 2.19. The third-order valence-corrected chi connectivity index (χ3v) is 2.21. The Kier molecular flexibility index (Phi) is 3.34. The van der Waals surface area contributed by atoms with Crippen molar-refractivity contribution in [2.75, 3.05) is 26.7 Å². The summed E-state index contributed by atoms with van der Waals surface area (Å²) in [5, 5.41) is 3.57. The summed E-state index contributed by atoms with van der Waals surface area (Å²) in [6.07, 6.45) is 1.32. The standard InChI is InChI=1S/C9H20N2.H2/c1-8(2)6-10-9-4-5-11(3)7-9;/h8-10H,4-7H2,1-3H3;1H. The van der Waals surface area contributed by atoms with Gasteiger partial charge in [0.1, 0.15) is 0 Å². The van der Waals surface area contributed by atoms with Crippen molar-refractivity contribution in [2.45, 2.75) is 26.3 Å². The fourth-order valence-corrected chi connectivity index (χ4v) is 1.50. The smallest absolute Gasteiger partial charge is 0.0207 e. The SMILES string of the molecule is CC(C)CNC1CCN(C)C1.[HH]. The average molecular weight is 158 g/mol. The molecule has 11 heavy (non-hydrogen) atoms. The summed E-state index contributed by atoms with van der Waals surface area (Å²) in [4.78, 5) is 2.39. The van der Waals surface area contributed by atoms with Gasteiger partial charge in [0.25, 0.3) is 0 Å². The van der Waals surface area contributed by atoms with E-state index in [0.29, 0.717) is 0 Å². The Hall–Kier alpha value is -0.0800. The van der Waals surface area contributed by atoms with Gasteiger partial charge in [0.15, 0.2) is 0 Å². The predicted octanol–water partition coefficient (Wildman–Crippen LogP) is 1.18. The molecular formula is C9H22N2. The van der Waals surface area contributed by atoms with Crippen LogP contribution in [-0.2, 0) is 0 Å². The van der Waals surface area contributed by atoms with E-state index in [-0.39, 0.29) is 1.43 Å². The molecule has 0 aromatic carbocycles. The Morgan fingerprint density at radius 2 is 2.36 bits per heavy atom. The first kappa shape index (κ1) is 9.01. The van der Waals surface area contributed by atoms with Crippen molar-refractivity contribution in [3.63, 3.8) is 0 Å². The van der Waals surface area contributed by atoms with Gasteiger partial charge < -0.3 is 10.2 Å². The number of hydrogen-bond donors (Lipinski definition) is 1. The lowest BCUT2D eigenvalue weighted by Gasteiger charge is -2.14. The highest BCUT2D eigenvalue weighted by Gasteiger charge is 2.18. The molecule has 0 radical (unpaired) electrons. The highest BCUT2D eigenvalue weighted by Crippen LogP contribution is 2.06. The average Bonchev–Trinajstić information content (AvgIpc) is 2.31. The summed E-state index contributed by atoms with van der Waals surface area (Å²) in [6.45, 7) is 8.17. The number of likely N-dealkylation sites (N-methyl/N-ethyl adjacent to an activating group) is 1. The summed E-state index contributed by atoms with van der Waals surface area (Å²) < 4.78 is 0. The number of hydrogen-bond acceptors (Lipinski definition) is 2. The van der Waals surface area contributed by atoms with Crippen molar-refractivity contribution < 1.29 is 1.43 Å². The maximum Gasteiger partial charge on any atom is 0.0207 e. The van der Waals surface area contributed by atoms with E-state index in [4.69, 9.17) is 0 Å². The van der Waals surface area contributed by atoms with E-state index >= 15 is 0 Å². The lowest BCUT2D eigenvalue weighted by Crippen LogP contribution is -2.33. The van der Waals surface area contributed by atoms with Crippen molar-refractivity contribution in [3.8, 4) is 0 Å². The summed E-state index contributed by atoms with van der Waals surface area (Å²) in [6, 6.07) is 0.752. The van der Waals surface area contributed by atoms with Crippen molar-refractivity contribution in [1.82, 2.24) is 10.2 Å². The van der Waals surface area contributed by atoms with Gasteiger partial charge in [-0.15, -0.1) is 0 Å². The summed E-state index contributed by atoms with van der Waals surface area (Å²) >= 11 is 0. The lowest BCUT2D eigenvalue weighted by atomic mass is 10.2. The van der Waals surface area contributed by atoms with E-state index in [1.54, 1.807) is 0 Å². The van der Waals surface area contributed by atoms with Crippen molar-refractivity contribution in [3.05, 3.63) is 0 Å². The molecular weight excluding hydrogens is 136 g/mol. The van der Waals surface area contributed by atoms with E-state index in [1.165, 1.54) is 26.1 Å². The van der Waals surface area contributed by atoms with Gasteiger partial charge in [-0.25, -0.2) is 0 Å². The molecule has 2 nitrogen and oxygen atoms in total. The predicted molar refractivity (Wildman–Crippen MR) is 50.9 cm³/mol. The van der Waals surface area contributed by atoms with E-state index in [9.17, 15) is 0 Å². The minimum atomic E-state index is 0. The van der Waals surface area contributed by atoms with Crippen LogP contribution in [0.5, 0.6) is 0 Å². The normalized spacial score (nSPS) is 26.7. The molecule has 1 aliphatic heterocycles. The van der Waals surface area contributed by atoms with Gasteiger partial charge in [-0.05, 0) is 32.5 Å². The van der Waals surface area contributed by atoms with Gasteiger partial charge in [0.2, 0.25) is 0 Å². The third kappa shape index (κ3) is 3.21. The molecule has 1 aliphatic rings. The fourth-order valence-electron chi connectivity index (χ4n) is 1.50. The molecule has 1 saturated heterocycles. The van der Waals surface area contributed by atoms with Gasteiger partial charge in [-0.1, -0.05) is 13.8 Å². The first-order chi connectivity index (χ1) is 5.18. The van der Waals surface area contributed by atoms with Crippen LogP contribution >= 0.6 is 0 Å². The minimum absolute atomic E-state index is 0. The van der Waals surface area contributed by atoms with Crippen LogP contribution in [-0.4, -0.2) is 37.6 Å². The summed E-state index contributed by atoms with van der Waals surface area (Å²) in [5.41, 5.74) is 0. The molecule has 0 aliphatic carbocycles. The van der Waals surface area contributed by atoms with Crippen LogP contribution in [0.15, 0.2) is 0 Å². The largest absolute Gasteiger partial charge is 0.312 e. The molecule has 1 rings (SSSR count).